The van der Waals surface area contributed by atoms with Crippen LogP contribution in [0.2, 0.25) is 0 Å². The van der Waals surface area contributed by atoms with Crippen LogP contribution in [0, 0.1) is 11.8 Å². The topological polar surface area (TPSA) is 237 Å². The fourth-order valence-corrected chi connectivity index (χ4v) is 11.2. The van der Waals surface area contributed by atoms with E-state index in [1.807, 2.05) is 0 Å². The van der Waals surface area contributed by atoms with E-state index in [1.54, 1.807) is 0 Å². The highest BCUT2D eigenvalue weighted by Gasteiger charge is 2.30. The number of carbonyl (C=O) groups is 4. The molecule has 0 aromatic rings. The lowest BCUT2D eigenvalue weighted by Crippen LogP contribution is -2.30. The highest BCUT2D eigenvalue weighted by atomic mass is 31.2. The highest BCUT2D eigenvalue weighted by molar-refractivity contribution is 7.47. The number of rotatable bonds is 66. The van der Waals surface area contributed by atoms with Gasteiger partial charge in [0.2, 0.25) is 0 Å². The molecule has 0 saturated heterocycles. The van der Waals surface area contributed by atoms with E-state index in [0.717, 1.165) is 140 Å². The maximum absolute atomic E-state index is 13.0. The van der Waals surface area contributed by atoms with Crippen molar-refractivity contribution in [2.24, 2.45) is 11.8 Å². The van der Waals surface area contributed by atoms with Crippen LogP contribution in [0.4, 0.5) is 0 Å². The maximum Gasteiger partial charge on any atom is 0.472 e. The van der Waals surface area contributed by atoms with Crippen LogP contribution in [0.25, 0.3) is 0 Å². The molecule has 0 fully saturated rings. The number of allylic oxidation sites excluding steroid dienone is 8. The number of esters is 4. The largest absolute Gasteiger partial charge is 0.472 e. The maximum atomic E-state index is 13.0. The molecule has 0 aromatic heterocycles. The predicted octanol–water partition coefficient (Wildman–Crippen LogP) is 19.5. The first-order valence-corrected chi connectivity index (χ1v) is 38.7. The van der Waals surface area contributed by atoms with Crippen molar-refractivity contribution in [2.45, 2.75) is 330 Å². The second-order valence-corrected chi connectivity index (χ2v) is 27.6. The molecule has 17 nitrogen and oxygen atoms in total. The van der Waals surface area contributed by atoms with E-state index >= 15 is 0 Å². The molecule has 0 bridgehead atoms. The van der Waals surface area contributed by atoms with Gasteiger partial charge in [-0.1, -0.05) is 257 Å². The van der Waals surface area contributed by atoms with Crippen molar-refractivity contribution >= 4 is 39.5 Å². The summed E-state index contributed by atoms with van der Waals surface area (Å²) in [6, 6.07) is 0. The average molecular weight is 1320 g/mol. The third kappa shape index (κ3) is 61.2. The Bertz CT molecular complexity index is 1810. The number of phosphoric acid groups is 2. The van der Waals surface area contributed by atoms with Crippen LogP contribution in [-0.4, -0.2) is 96.7 Å². The van der Waals surface area contributed by atoms with Crippen molar-refractivity contribution < 1.29 is 80.2 Å². The van der Waals surface area contributed by atoms with Gasteiger partial charge >= 0.3 is 39.5 Å². The molecule has 0 amide bonds. The number of unbranched alkanes of at least 4 members (excludes halogenated alkanes) is 28. The molecular weight excluding hydrogens is 1190 g/mol. The van der Waals surface area contributed by atoms with Crippen LogP contribution >= 0.6 is 15.6 Å². The van der Waals surface area contributed by atoms with Crippen LogP contribution in [0.5, 0.6) is 0 Å². The number of hydrogen-bond donors (Lipinski definition) is 3. The van der Waals surface area contributed by atoms with Crippen molar-refractivity contribution in [2.75, 3.05) is 39.6 Å². The van der Waals surface area contributed by atoms with Crippen LogP contribution in [-0.2, 0) is 65.4 Å². The van der Waals surface area contributed by atoms with E-state index < -0.39 is 97.5 Å². The van der Waals surface area contributed by atoms with Gasteiger partial charge in [0.05, 0.1) is 26.4 Å². The van der Waals surface area contributed by atoms with Gasteiger partial charge in [0.25, 0.3) is 0 Å². The summed E-state index contributed by atoms with van der Waals surface area (Å²) >= 11 is 0. The second kappa shape index (κ2) is 62.2. The Morgan fingerprint density at radius 3 is 0.933 bits per heavy atom. The molecule has 4 unspecified atom stereocenters. The van der Waals surface area contributed by atoms with Crippen molar-refractivity contribution in [3.05, 3.63) is 48.6 Å². The van der Waals surface area contributed by atoms with E-state index in [-0.39, 0.29) is 25.7 Å². The zero-order valence-electron chi connectivity index (χ0n) is 57.4. The minimum absolute atomic E-state index is 0.0812. The Hall–Kier alpha value is -2.98. The van der Waals surface area contributed by atoms with Gasteiger partial charge in [-0.05, 0) is 88.9 Å². The number of ether oxygens (including phenoxy) is 4. The van der Waals surface area contributed by atoms with Crippen molar-refractivity contribution in [3.8, 4) is 0 Å². The summed E-state index contributed by atoms with van der Waals surface area (Å²) in [5.41, 5.74) is 0. The molecule has 6 atom stereocenters. The Morgan fingerprint density at radius 1 is 0.356 bits per heavy atom. The molecule has 526 valence electrons. The number of aliphatic hydroxyl groups excluding tert-OH is 1. The number of carbonyl (C=O) groups excluding carboxylic acids is 4. The van der Waals surface area contributed by atoms with Crippen molar-refractivity contribution in [1.82, 2.24) is 0 Å². The SMILES string of the molecule is CCCCCC/C=C\C=C/CCCCCCCC(=O)O[C@H](COC(=O)CCCCCCCCC(C)CC)COP(=O)(O)OCC(O)COP(=O)(O)OC[C@@H](COC(=O)CCCCCCCCC(C)CC)OC(=O)CCCCCCC/C=C\C=C/CCCCCC. The lowest BCUT2D eigenvalue weighted by molar-refractivity contribution is -0.161. The van der Waals surface area contributed by atoms with Gasteiger partial charge in [-0.2, -0.15) is 0 Å². The fourth-order valence-electron chi connectivity index (χ4n) is 9.62. The predicted molar refractivity (Wildman–Crippen MR) is 363 cm³/mol. The van der Waals surface area contributed by atoms with Crippen molar-refractivity contribution in [3.63, 3.8) is 0 Å². The Kier molecular flexibility index (Phi) is 60.1. The summed E-state index contributed by atoms with van der Waals surface area (Å²) in [7, 11) is -9.93. The Balaban J connectivity index is 5.32. The van der Waals surface area contributed by atoms with E-state index in [4.69, 9.17) is 37.0 Å². The quantitative estimate of drug-likeness (QED) is 0.0169. The minimum Gasteiger partial charge on any atom is -0.462 e. The van der Waals surface area contributed by atoms with Gasteiger partial charge in [0.15, 0.2) is 12.2 Å². The molecule has 90 heavy (non-hydrogen) atoms. The third-order valence-corrected chi connectivity index (χ3v) is 17.8. The van der Waals surface area contributed by atoms with Gasteiger partial charge in [0.1, 0.15) is 19.3 Å². The molecule has 0 rings (SSSR count). The Morgan fingerprint density at radius 2 is 0.622 bits per heavy atom. The van der Waals surface area contributed by atoms with Gasteiger partial charge in [-0.3, -0.25) is 37.3 Å². The summed E-state index contributed by atoms with van der Waals surface area (Å²) in [5.74, 6) is -0.736. The van der Waals surface area contributed by atoms with E-state index in [9.17, 15) is 43.2 Å². The fraction of sp³-hybridized carbons (Fsp3) is 0.831. The molecule has 3 N–H and O–H groups in total. The summed E-state index contributed by atoms with van der Waals surface area (Å²) in [4.78, 5) is 72.5. The molecule has 0 heterocycles. The first-order valence-electron chi connectivity index (χ1n) is 35.7. The molecule has 0 aliphatic rings. The van der Waals surface area contributed by atoms with E-state index in [0.29, 0.717) is 25.7 Å². The zero-order chi connectivity index (χ0) is 66.5. The van der Waals surface area contributed by atoms with Crippen LogP contribution < -0.4 is 0 Å². The lowest BCUT2D eigenvalue weighted by atomic mass is 10.00. The summed E-state index contributed by atoms with van der Waals surface area (Å²) in [5, 5.41) is 10.6. The molecule has 0 aliphatic heterocycles. The van der Waals surface area contributed by atoms with Gasteiger partial charge < -0.3 is 33.8 Å². The lowest BCUT2D eigenvalue weighted by Gasteiger charge is -2.21. The molecule has 19 heteroatoms. The second-order valence-electron chi connectivity index (χ2n) is 24.7. The average Bonchev–Trinajstić information content (AvgIpc) is 2.99. The first kappa shape index (κ1) is 87.0. The number of aliphatic hydroxyl groups is 1. The van der Waals surface area contributed by atoms with Crippen molar-refractivity contribution in [1.29, 1.82) is 0 Å². The molecular formula is C71H130O17P2. The number of phosphoric ester groups is 2. The number of hydrogen-bond acceptors (Lipinski definition) is 15. The summed E-state index contributed by atoms with van der Waals surface area (Å²) in [6.07, 6.45) is 53.0. The van der Waals surface area contributed by atoms with Crippen LogP contribution in [0.3, 0.4) is 0 Å². The zero-order valence-corrected chi connectivity index (χ0v) is 59.2. The normalized spacial score (nSPS) is 15.1. The first-order chi connectivity index (χ1) is 43.4. The molecule has 0 radical (unpaired) electrons. The van der Waals surface area contributed by atoms with Gasteiger partial charge in [-0.25, -0.2) is 9.13 Å². The molecule has 0 spiro atoms. The minimum atomic E-state index is -4.96. The van der Waals surface area contributed by atoms with Gasteiger partial charge in [0, 0.05) is 25.7 Å². The summed E-state index contributed by atoms with van der Waals surface area (Å²) < 4.78 is 68.2. The van der Waals surface area contributed by atoms with E-state index in [2.05, 4.69) is 90.2 Å². The monoisotopic (exact) mass is 1320 g/mol. The Labute approximate surface area is 547 Å². The third-order valence-electron chi connectivity index (χ3n) is 15.9. The molecule has 0 aromatic carbocycles. The molecule has 0 saturated carbocycles. The standard InChI is InChI=1S/C71H130O17P2/c1-7-11-13-15-17-19-21-23-25-27-29-31-33-43-49-55-70(75)87-66(59-81-68(73)53-47-41-37-35-39-45-51-63(5)9-3)61-85-89(77,78)83-57-65(72)58-84-90(79,80)86-62-67(60-82-69(74)54-48-42-38-36-40-46-52-64(6)10-4)88-71(76)56-50-44-34-32-30-28-26-24-22-20-18-16-14-12-8-2/h19-26,63-67,72H,7-18,27-62H2,1-6H3,(H,77,78)(H,79,80)/b21-19-,22-20-,25-23-,26-24-/t63?,64?,65?,66-,67-/m1/s1. The van der Waals surface area contributed by atoms with Crippen LogP contribution in [0.1, 0.15) is 311 Å². The van der Waals surface area contributed by atoms with E-state index in [1.165, 1.54) is 89.9 Å². The van der Waals surface area contributed by atoms with Crippen LogP contribution in [0.15, 0.2) is 48.6 Å². The summed E-state index contributed by atoms with van der Waals surface area (Å²) in [6.45, 7) is 9.33. The highest BCUT2D eigenvalue weighted by Crippen LogP contribution is 2.45. The van der Waals surface area contributed by atoms with Gasteiger partial charge in [-0.15, -0.1) is 0 Å². The smallest absolute Gasteiger partial charge is 0.462 e. The molecule has 0 aliphatic carbocycles.